The van der Waals surface area contributed by atoms with E-state index in [2.05, 4.69) is 9.97 Å². The van der Waals surface area contributed by atoms with Gasteiger partial charge in [0.15, 0.2) is 0 Å². The molecule has 0 aromatic carbocycles. The molecule has 6 heteroatoms. The fourth-order valence-electron chi connectivity index (χ4n) is 0.938. The summed E-state index contributed by atoms with van der Waals surface area (Å²) in [7, 11) is 0. The third kappa shape index (κ3) is 1.00. The predicted octanol–water partition coefficient (Wildman–Crippen LogP) is 0.609. The number of hydrogen-bond acceptors (Lipinski definition) is 4. The Morgan fingerprint density at radius 1 is 1.58 bits per heavy atom. The van der Waals surface area contributed by atoms with E-state index in [0.717, 1.165) is 16.7 Å². The van der Waals surface area contributed by atoms with Crippen LogP contribution in [0.15, 0.2) is 12.4 Å². The number of nitrogens with one attached hydrogen (secondary N) is 1. The van der Waals surface area contributed by atoms with E-state index in [1.165, 1.54) is 6.20 Å². The molecule has 1 aromatic rings. The van der Waals surface area contributed by atoms with Gasteiger partial charge in [0.05, 0.1) is 5.75 Å². The first-order valence-corrected chi connectivity index (χ1v) is 4.26. The Labute approximate surface area is 72.2 Å². The fraction of sp³-hybridized carbons (Fsp3) is 0.167. The normalized spacial score (nSPS) is 17.5. The Balaban J connectivity index is 2.34. The van der Waals surface area contributed by atoms with E-state index >= 15 is 0 Å². The second-order valence-electron chi connectivity index (χ2n) is 2.20. The van der Waals surface area contributed by atoms with Crippen LogP contribution >= 0.6 is 11.8 Å². The van der Waals surface area contributed by atoms with Gasteiger partial charge in [-0.2, -0.15) is 0 Å². The summed E-state index contributed by atoms with van der Waals surface area (Å²) >= 11 is 0.989. The standard InChI is InChI=1S/C6H5N3O2S/c10-4-3-12-6(11)9(4)5-7-1-2-8-5/h1-2H,3H2,(H,7,8). The smallest absolute Gasteiger partial charge is 0.295 e. The van der Waals surface area contributed by atoms with Crippen molar-refractivity contribution in [3.63, 3.8) is 0 Å². The minimum absolute atomic E-state index is 0.208. The van der Waals surface area contributed by atoms with Gasteiger partial charge in [-0.1, -0.05) is 11.8 Å². The SMILES string of the molecule is O=C1CSC(=O)N1c1ncc[nH]1. The van der Waals surface area contributed by atoms with E-state index < -0.39 is 0 Å². The summed E-state index contributed by atoms with van der Waals surface area (Å²) in [6, 6.07) is 0. The maximum Gasteiger partial charge on any atom is 0.295 e. The zero-order valence-electron chi connectivity index (χ0n) is 5.98. The van der Waals surface area contributed by atoms with Crippen LogP contribution in [0.4, 0.5) is 10.7 Å². The molecule has 2 heterocycles. The molecule has 1 N–H and O–H groups in total. The molecule has 1 saturated heterocycles. The minimum Gasteiger partial charge on any atom is -0.330 e. The molecule has 0 atom stereocenters. The Morgan fingerprint density at radius 3 is 2.92 bits per heavy atom. The molecule has 1 aliphatic heterocycles. The highest BCUT2D eigenvalue weighted by Gasteiger charge is 2.32. The lowest BCUT2D eigenvalue weighted by atomic mass is 10.6. The van der Waals surface area contributed by atoms with Gasteiger partial charge in [-0.3, -0.25) is 9.59 Å². The summed E-state index contributed by atoms with van der Waals surface area (Å²) in [6.07, 6.45) is 3.07. The van der Waals surface area contributed by atoms with E-state index in [4.69, 9.17) is 0 Å². The van der Waals surface area contributed by atoms with Crippen LogP contribution in [0.25, 0.3) is 0 Å². The fourth-order valence-corrected chi connectivity index (χ4v) is 1.63. The van der Waals surface area contributed by atoms with Crippen molar-refractivity contribution >= 4 is 28.9 Å². The third-order valence-corrected chi connectivity index (χ3v) is 2.27. The van der Waals surface area contributed by atoms with Gasteiger partial charge in [0.2, 0.25) is 11.9 Å². The molecule has 0 saturated carbocycles. The van der Waals surface area contributed by atoms with Crippen LogP contribution in [-0.4, -0.2) is 26.9 Å². The number of nitrogens with zero attached hydrogens (tertiary/aromatic N) is 2. The van der Waals surface area contributed by atoms with Crippen LogP contribution in [0.1, 0.15) is 0 Å². The Hall–Kier alpha value is -1.30. The van der Waals surface area contributed by atoms with Crippen molar-refractivity contribution in [1.82, 2.24) is 9.97 Å². The van der Waals surface area contributed by atoms with Crippen LogP contribution in [0.2, 0.25) is 0 Å². The molecule has 0 aliphatic carbocycles. The maximum atomic E-state index is 11.1. The zero-order chi connectivity index (χ0) is 8.55. The second-order valence-corrected chi connectivity index (χ2v) is 3.12. The summed E-state index contributed by atoms with van der Waals surface area (Å²) in [5, 5.41) is -0.269. The van der Waals surface area contributed by atoms with Crippen LogP contribution in [-0.2, 0) is 4.79 Å². The van der Waals surface area contributed by atoms with E-state index in [-0.39, 0.29) is 16.9 Å². The monoisotopic (exact) mass is 183 g/mol. The van der Waals surface area contributed by atoms with Crippen LogP contribution < -0.4 is 4.90 Å². The Morgan fingerprint density at radius 2 is 2.42 bits per heavy atom. The molecule has 0 spiro atoms. The molecule has 0 unspecified atom stereocenters. The average molecular weight is 183 g/mol. The number of aromatic amines is 1. The molecule has 0 radical (unpaired) electrons. The molecule has 62 valence electrons. The van der Waals surface area contributed by atoms with Crippen molar-refractivity contribution in [2.45, 2.75) is 0 Å². The number of H-pyrrole nitrogens is 1. The molecule has 2 rings (SSSR count). The van der Waals surface area contributed by atoms with Gasteiger partial charge >= 0.3 is 0 Å². The lowest BCUT2D eigenvalue weighted by Crippen LogP contribution is -2.29. The molecular weight excluding hydrogens is 178 g/mol. The summed E-state index contributed by atoms with van der Waals surface area (Å²) in [6.45, 7) is 0. The van der Waals surface area contributed by atoms with Crippen molar-refractivity contribution < 1.29 is 9.59 Å². The number of imidazole rings is 1. The maximum absolute atomic E-state index is 11.1. The minimum atomic E-state index is -0.269. The largest absolute Gasteiger partial charge is 0.330 e. The summed E-state index contributed by atoms with van der Waals surface area (Å²) < 4.78 is 0. The third-order valence-electron chi connectivity index (χ3n) is 1.45. The molecule has 1 aliphatic rings. The van der Waals surface area contributed by atoms with E-state index in [1.807, 2.05) is 0 Å². The topological polar surface area (TPSA) is 66.1 Å². The van der Waals surface area contributed by atoms with Gasteiger partial charge in [0.1, 0.15) is 0 Å². The molecule has 12 heavy (non-hydrogen) atoms. The predicted molar refractivity (Wildman–Crippen MR) is 43.9 cm³/mol. The van der Waals surface area contributed by atoms with Crippen molar-refractivity contribution in [3.05, 3.63) is 12.4 Å². The number of carbonyl (C=O) groups is 2. The quantitative estimate of drug-likeness (QED) is 0.692. The highest BCUT2D eigenvalue weighted by Crippen LogP contribution is 2.22. The van der Waals surface area contributed by atoms with E-state index in [1.54, 1.807) is 6.20 Å². The number of rotatable bonds is 1. The van der Waals surface area contributed by atoms with Gasteiger partial charge < -0.3 is 4.98 Å². The molecule has 1 fully saturated rings. The van der Waals surface area contributed by atoms with Crippen molar-refractivity contribution in [1.29, 1.82) is 0 Å². The number of aromatic nitrogens is 2. The number of hydrogen-bond donors (Lipinski definition) is 1. The first-order valence-electron chi connectivity index (χ1n) is 3.28. The number of amides is 2. The number of anilines is 1. The summed E-state index contributed by atoms with van der Waals surface area (Å²) in [5.74, 6) is 0.287. The summed E-state index contributed by atoms with van der Waals surface area (Å²) in [5.41, 5.74) is 0. The number of thioether (sulfide) groups is 1. The van der Waals surface area contributed by atoms with Gasteiger partial charge in [-0.25, -0.2) is 9.88 Å². The Bertz CT molecular complexity index is 306. The van der Waals surface area contributed by atoms with Crippen molar-refractivity contribution in [2.24, 2.45) is 0 Å². The number of carbonyl (C=O) groups excluding carboxylic acids is 2. The van der Waals surface area contributed by atoms with Crippen molar-refractivity contribution in [3.8, 4) is 0 Å². The van der Waals surface area contributed by atoms with Gasteiger partial charge in [-0.15, -0.1) is 0 Å². The summed E-state index contributed by atoms with van der Waals surface area (Å²) in [4.78, 5) is 29.8. The van der Waals surface area contributed by atoms with Gasteiger partial charge in [0, 0.05) is 12.4 Å². The van der Waals surface area contributed by atoms with Gasteiger partial charge in [0.25, 0.3) is 5.24 Å². The van der Waals surface area contributed by atoms with E-state index in [9.17, 15) is 9.59 Å². The molecular formula is C6H5N3O2S. The van der Waals surface area contributed by atoms with Crippen LogP contribution in [0.5, 0.6) is 0 Å². The molecule has 0 bridgehead atoms. The average Bonchev–Trinajstić information content (AvgIpc) is 2.61. The zero-order valence-corrected chi connectivity index (χ0v) is 6.80. The lowest BCUT2D eigenvalue weighted by Gasteiger charge is -2.06. The van der Waals surface area contributed by atoms with Crippen LogP contribution in [0.3, 0.4) is 0 Å². The highest BCUT2D eigenvalue weighted by atomic mass is 32.2. The Kier molecular flexibility index (Phi) is 1.61. The van der Waals surface area contributed by atoms with E-state index in [0.29, 0.717) is 5.95 Å². The first-order chi connectivity index (χ1) is 5.79. The lowest BCUT2D eigenvalue weighted by molar-refractivity contribution is -0.115. The second kappa shape index (κ2) is 2.63. The van der Waals surface area contributed by atoms with Crippen molar-refractivity contribution in [2.75, 3.05) is 10.7 Å². The molecule has 2 amide bonds. The molecule has 1 aromatic heterocycles. The molecule has 5 nitrogen and oxygen atoms in total. The number of imide groups is 1. The highest BCUT2D eigenvalue weighted by molar-refractivity contribution is 8.15. The van der Waals surface area contributed by atoms with Gasteiger partial charge in [-0.05, 0) is 0 Å². The van der Waals surface area contributed by atoms with Crippen LogP contribution in [0, 0.1) is 0 Å². The first kappa shape index (κ1) is 7.35.